The molecule has 1 heterocycles. The maximum Gasteiger partial charge on any atom is 0.252 e. The van der Waals surface area contributed by atoms with Crippen molar-refractivity contribution in [2.45, 2.75) is 18.6 Å². The highest BCUT2D eigenvalue weighted by Crippen LogP contribution is 1.96. The molecular weight excluding hydrogens is 176 g/mol. The van der Waals surface area contributed by atoms with E-state index in [4.69, 9.17) is 10.2 Å². The quantitative estimate of drug-likeness (QED) is 0.333. The Hall–Kier alpha value is -1.14. The fraction of sp³-hybridized carbons (Fsp3) is 0.714. The Morgan fingerprint density at radius 2 is 1.38 bits per heavy atom. The number of aliphatic hydroxyl groups is 2. The van der Waals surface area contributed by atoms with Gasteiger partial charge in [0.15, 0.2) is 12.2 Å². The fourth-order valence-electron chi connectivity index (χ4n) is 1.01. The Kier molecular flexibility index (Phi) is 3.21. The number of rotatable bonds is 0. The highest BCUT2D eigenvalue weighted by atomic mass is 16.3. The second-order valence-corrected chi connectivity index (χ2v) is 2.83. The van der Waals surface area contributed by atoms with Gasteiger partial charge in [-0.3, -0.25) is 9.59 Å². The molecule has 0 bridgehead atoms. The zero-order chi connectivity index (χ0) is 9.84. The summed E-state index contributed by atoms with van der Waals surface area (Å²) in [5.74, 6) is -1.44. The molecule has 13 heavy (non-hydrogen) atoms. The van der Waals surface area contributed by atoms with E-state index in [9.17, 15) is 9.59 Å². The van der Waals surface area contributed by atoms with E-state index in [0.29, 0.717) is 19.5 Å². The first-order chi connectivity index (χ1) is 6.13. The molecule has 74 valence electrons. The number of carbonyl (C=O) groups excluding carboxylic acids is 2. The van der Waals surface area contributed by atoms with E-state index in [1.165, 1.54) is 0 Å². The number of nitrogens with one attached hydrogen (secondary N) is 2. The summed E-state index contributed by atoms with van der Waals surface area (Å²) in [5, 5.41) is 23.0. The number of hydrogen-bond donors (Lipinski definition) is 4. The molecule has 2 unspecified atom stereocenters. The second-order valence-electron chi connectivity index (χ2n) is 2.83. The lowest BCUT2D eigenvalue weighted by atomic mass is 10.2. The molecule has 0 radical (unpaired) electrons. The van der Waals surface area contributed by atoms with Gasteiger partial charge in [-0.25, -0.2) is 0 Å². The van der Waals surface area contributed by atoms with Crippen LogP contribution in [0.4, 0.5) is 0 Å². The molecule has 1 aliphatic heterocycles. The van der Waals surface area contributed by atoms with Crippen molar-refractivity contribution in [3.63, 3.8) is 0 Å². The molecule has 0 aromatic carbocycles. The van der Waals surface area contributed by atoms with Crippen LogP contribution in [-0.2, 0) is 9.59 Å². The molecule has 0 saturated carbocycles. The van der Waals surface area contributed by atoms with Crippen LogP contribution in [0.5, 0.6) is 0 Å². The van der Waals surface area contributed by atoms with Gasteiger partial charge in [0.1, 0.15) is 0 Å². The predicted octanol–water partition coefficient (Wildman–Crippen LogP) is -2.66. The molecular formula is C7H12N2O4. The van der Waals surface area contributed by atoms with Gasteiger partial charge >= 0.3 is 0 Å². The summed E-state index contributed by atoms with van der Waals surface area (Å²) in [7, 11) is 0. The molecule has 6 heteroatoms. The summed E-state index contributed by atoms with van der Waals surface area (Å²) < 4.78 is 0. The van der Waals surface area contributed by atoms with E-state index in [1.54, 1.807) is 0 Å². The third-order valence-corrected chi connectivity index (χ3v) is 1.79. The van der Waals surface area contributed by atoms with E-state index in [0.717, 1.165) is 0 Å². The van der Waals surface area contributed by atoms with Crippen LogP contribution in [0.3, 0.4) is 0 Å². The summed E-state index contributed by atoms with van der Waals surface area (Å²) in [6.07, 6.45) is -2.78. The zero-order valence-corrected chi connectivity index (χ0v) is 6.99. The molecule has 4 N–H and O–H groups in total. The number of aliphatic hydroxyl groups excluding tert-OH is 2. The van der Waals surface area contributed by atoms with Crippen LogP contribution >= 0.6 is 0 Å². The minimum absolute atomic E-state index is 0.378. The molecule has 1 fully saturated rings. The topological polar surface area (TPSA) is 98.7 Å². The lowest BCUT2D eigenvalue weighted by molar-refractivity contribution is -0.145. The van der Waals surface area contributed by atoms with E-state index in [2.05, 4.69) is 10.6 Å². The van der Waals surface area contributed by atoms with E-state index < -0.39 is 24.0 Å². The minimum Gasteiger partial charge on any atom is -0.380 e. The normalized spacial score (nSPS) is 30.9. The maximum atomic E-state index is 11.0. The summed E-state index contributed by atoms with van der Waals surface area (Å²) in [6.45, 7) is 0.756. The Morgan fingerprint density at radius 1 is 1.00 bits per heavy atom. The first-order valence-corrected chi connectivity index (χ1v) is 4.04. The molecule has 1 rings (SSSR count). The van der Waals surface area contributed by atoms with Gasteiger partial charge in [0.2, 0.25) is 0 Å². The van der Waals surface area contributed by atoms with Crippen LogP contribution in [0, 0.1) is 0 Å². The molecule has 0 spiro atoms. The second kappa shape index (κ2) is 4.20. The summed E-state index contributed by atoms with van der Waals surface area (Å²) in [5.41, 5.74) is 0. The lowest BCUT2D eigenvalue weighted by Crippen LogP contribution is -2.47. The molecule has 0 aromatic heterocycles. The highest BCUT2D eigenvalue weighted by Gasteiger charge is 2.30. The zero-order valence-electron chi connectivity index (χ0n) is 6.99. The average molecular weight is 188 g/mol. The summed E-state index contributed by atoms with van der Waals surface area (Å²) >= 11 is 0. The lowest BCUT2D eigenvalue weighted by Gasteiger charge is -2.14. The smallest absolute Gasteiger partial charge is 0.252 e. The van der Waals surface area contributed by atoms with Crippen LogP contribution in [-0.4, -0.2) is 47.3 Å². The molecule has 2 amide bonds. The van der Waals surface area contributed by atoms with Crippen molar-refractivity contribution < 1.29 is 19.8 Å². The molecule has 2 atom stereocenters. The third kappa shape index (κ3) is 2.40. The molecule has 0 aliphatic carbocycles. The highest BCUT2D eigenvalue weighted by molar-refractivity contribution is 5.90. The fourth-order valence-corrected chi connectivity index (χ4v) is 1.01. The van der Waals surface area contributed by atoms with E-state index in [-0.39, 0.29) is 0 Å². The SMILES string of the molecule is O=C1NCCCNC(=O)C(O)C1O. The Balaban J connectivity index is 2.68. The van der Waals surface area contributed by atoms with Crippen molar-refractivity contribution in [3.8, 4) is 0 Å². The van der Waals surface area contributed by atoms with Gasteiger partial charge in [-0.1, -0.05) is 0 Å². The van der Waals surface area contributed by atoms with Crippen molar-refractivity contribution in [2.24, 2.45) is 0 Å². The minimum atomic E-state index is -1.68. The number of amides is 2. The van der Waals surface area contributed by atoms with Gasteiger partial charge in [0.05, 0.1) is 0 Å². The number of carbonyl (C=O) groups is 2. The molecule has 1 saturated heterocycles. The molecule has 0 aromatic rings. The predicted molar refractivity (Wildman–Crippen MR) is 42.7 cm³/mol. The average Bonchev–Trinajstić information content (AvgIpc) is 2.16. The Bertz CT molecular complexity index is 197. The van der Waals surface area contributed by atoms with Crippen molar-refractivity contribution >= 4 is 11.8 Å². The van der Waals surface area contributed by atoms with Crippen LogP contribution in [0.1, 0.15) is 6.42 Å². The van der Waals surface area contributed by atoms with E-state index in [1.807, 2.05) is 0 Å². The van der Waals surface area contributed by atoms with E-state index >= 15 is 0 Å². The largest absolute Gasteiger partial charge is 0.380 e. The first-order valence-electron chi connectivity index (χ1n) is 4.04. The van der Waals surface area contributed by atoms with Crippen molar-refractivity contribution in [1.29, 1.82) is 0 Å². The van der Waals surface area contributed by atoms with Crippen molar-refractivity contribution in [2.75, 3.05) is 13.1 Å². The van der Waals surface area contributed by atoms with Gasteiger partial charge in [-0.2, -0.15) is 0 Å². The molecule has 1 aliphatic rings. The van der Waals surface area contributed by atoms with Crippen LogP contribution in [0.2, 0.25) is 0 Å². The number of hydrogen-bond acceptors (Lipinski definition) is 4. The third-order valence-electron chi connectivity index (χ3n) is 1.79. The van der Waals surface area contributed by atoms with Gasteiger partial charge in [-0.15, -0.1) is 0 Å². The summed E-state index contributed by atoms with van der Waals surface area (Å²) in [6, 6.07) is 0. The van der Waals surface area contributed by atoms with Gasteiger partial charge in [-0.05, 0) is 6.42 Å². The Labute approximate surface area is 74.9 Å². The van der Waals surface area contributed by atoms with Crippen LogP contribution < -0.4 is 10.6 Å². The van der Waals surface area contributed by atoms with Crippen LogP contribution in [0.25, 0.3) is 0 Å². The Morgan fingerprint density at radius 3 is 1.77 bits per heavy atom. The monoisotopic (exact) mass is 188 g/mol. The van der Waals surface area contributed by atoms with Gasteiger partial charge in [0.25, 0.3) is 11.8 Å². The van der Waals surface area contributed by atoms with Gasteiger partial charge < -0.3 is 20.8 Å². The van der Waals surface area contributed by atoms with Crippen LogP contribution in [0.15, 0.2) is 0 Å². The maximum absolute atomic E-state index is 11.0. The molecule has 6 nitrogen and oxygen atoms in total. The standard InChI is InChI=1S/C7H12N2O4/c10-4-5(11)7(13)9-3-1-2-8-6(4)12/h4-5,10-11H,1-3H2,(H,8,12)(H,9,13). The summed E-state index contributed by atoms with van der Waals surface area (Å²) in [4.78, 5) is 21.9. The van der Waals surface area contributed by atoms with Gasteiger partial charge in [0, 0.05) is 13.1 Å². The first kappa shape index (κ1) is 9.94. The van der Waals surface area contributed by atoms with Crippen molar-refractivity contribution in [1.82, 2.24) is 10.6 Å². The van der Waals surface area contributed by atoms with Crippen molar-refractivity contribution in [3.05, 3.63) is 0 Å².